The molecular formula is C26H21N5O4. The van der Waals surface area contributed by atoms with Crippen LogP contribution in [0.4, 0.5) is 0 Å². The molecule has 174 valence electrons. The third-order valence-corrected chi connectivity index (χ3v) is 5.54. The van der Waals surface area contributed by atoms with E-state index in [0.717, 1.165) is 0 Å². The largest absolute Gasteiger partial charge is 0.463 e. The molecule has 0 saturated carbocycles. The SMILES string of the molecule is CCCn1nc(C(=O)NNC(=O)c2cc(-c3ccco3)nc3ccccc23)c2ccccc2c1=O. The van der Waals surface area contributed by atoms with Crippen molar-refractivity contribution in [2.24, 2.45) is 0 Å². The Morgan fingerprint density at radius 2 is 1.63 bits per heavy atom. The molecule has 0 saturated heterocycles. The highest BCUT2D eigenvalue weighted by Gasteiger charge is 2.19. The van der Waals surface area contributed by atoms with Crippen molar-refractivity contribution in [2.75, 3.05) is 0 Å². The second-order valence-electron chi connectivity index (χ2n) is 7.88. The molecule has 3 heterocycles. The molecule has 2 N–H and O–H groups in total. The summed E-state index contributed by atoms with van der Waals surface area (Å²) in [6, 6.07) is 19.1. The Hall–Kier alpha value is -4.79. The highest BCUT2D eigenvalue weighted by molar-refractivity contribution is 6.09. The number of pyridine rings is 1. The first-order chi connectivity index (χ1) is 17.1. The van der Waals surface area contributed by atoms with Crippen LogP contribution < -0.4 is 16.4 Å². The molecule has 0 aliphatic rings. The van der Waals surface area contributed by atoms with E-state index in [1.807, 2.05) is 13.0 Å². The van der Waals surface area contributed by atoms with Crippen molar-refractivity contribution in [1.82, 2.24) is 25.6 Å². The van der Waals surface area contributed by atoms with E-state index in [0.29, 0.717) is 51.7 Å². The fraction of sp³-hybridized carbons (Fsp3) is 0.115. The highest BCUT2D eigenvalue weighted by Crippen LogP contribution is 2.25. The zero-order chi connectivity index (χ0) is 24.4. The second-order valence-corrected chi connectivity index (χ2v) is 7.88. The van der Waals surface area contributed by atoms with Crippen LogP contribution in [0.25, 0.3) is 33.1 Å². The number of nitrogens with zero attached hydrogens (tertiary/aromatic N) is 3. The first-order valence-corrected chi connectivity index (χ1v) is 11.1. The number of hydrogen-bond acceptors (Lipinski definition) is 6. The standard InChI is InChI=1S/C26H21N5O4/c1-2-13-31-26(34)18-10-4-3-9-17(18)23(30-31)25(33)29-28-24(32)19-15-21(22-12-7-14-35-22)27-20-11-6-5-8-16(19)20/h3-12,14-15H,2,13H2,1H3,(H,28,32)(H,29,33). The van der Waals surface area contributed by atoms with Gasteiger partial charge in [-0.25, -0.2) is 9.67 Å². The molecule has 3 aromatic heterocycles. The van der Waals surface area contributed by atoms with Crippen LogP contribution in [0.5, 0.6) is 0 Å². The Morgan fingerprint density at radius 1 is 0.914 bits per heavy atom. The molecule has 35 heavy (non-hydrogen) atoms. The summed E-state index contributed by atoms with van der Waals surface area (Å²) in [7, 11) is 0. The maximum Gasteiger partial charge on any atom is 0.290 e. The Balaban J connectivity index is 1.47. The first-order valence-electron chi connectivity index (χ1n) is 11.1. The summed E-state index contributed by atoms with van der Waals surface area (Å²) in [5.74, 6) is -0.650. The van der Waals surface area contributed by atoms with Gasteiger partial charge >= 0.3 is 0 Å². The molecule has 0 atom stereocenters. The number of benzene rings is 2. The fourth-order valence-corrected chi connectivity index (χ4v) is 3.92. The normalized spacial score (nSPS) is 11.0. The van der Waals surface area contributed by atoms with Gasteiger partial charge in [0.25, 0.3) is 17.4 Å². The zero-order valence-corrected chi connectivity index (χ0v) is 18.8. The summed E-state index contributed by atoms with van der Waals surface area (Å²) in [5, 5.41) is 5.67. The molecule has 0 spiro atoms. The molecule has 5 aromatic rings. The maximum absolute atomic E-state index is 13.1. The van der Waals surface area contributed by atoms with Crippen LogP contribution in [-0.4, -0.2) is 26.6 Å². The molecule has 9 heteroatoms. The third kappa shape index (κ3) is 4.15. The zero-order valence-electron chi connectivity index (χ0n) is 18.8. The van der Waals surface area contributed by atoms with E-state index in [-0.39, 0.29) is 11.3 Å². The predicted molar refractivity (Wildman–Crippen MR) is 131 cm³/mol. The quantitative estimate of drug-likeness (QED) is 0.381. The number of fused-ring (bicyclic) bond motifs is 2. The van der Waals surface area contributed by atoms with Crippen LogP contribution >= 0.6 is 0 Å². The maximum atomic E-state index is 13.1. The van der Waals surface area contributed by atoms with E-state index in [9.17, 15) is 14.4 Å². The average Bonchev–Trinajstić information content (AvgIpc) is 3.43. The number of hydrogen-bond donors (Lipinski definition) is 2. The second kappa shape index (κ2) is 9.22. The molecule has 9 nitrogen and oxygen atoms in total. The number of carbonyl (C=O) groups excluding carboxylic acids is 2. The van der Waals surface area contributed by atoms with E-state index in [2.05, 4.69) is 20.9 Å². The van der Waals surface area contributed by atoms with Gasteiger partial charge in [0.05, 0.1) is 22.7 Å². The molecule has 0 radical (unpaired) electrons. The lowest BCUT2D eigenvalue weighted by atomic mass is 10.1. The molecule has 5 rings (SSSR count). The lowest BCUT2D eigenvalue weighted by Gasteiger charge is -2.12. The van der Waals surface area contributed by atoms with Crippen molar-refractivity contribution < 1.29 is 14.0 Å². The van der Waals surface area contributed by atoms with Gasteiger partial charge in [0.15, 0.2) is 11.5 Å². The predicted octanol–water partition coefficient (Wildman–Crippen LogP) is 3.69. The fourth-order valence-electron chi connectivity index (χ4n) is 3.92. The van der Waals surface area contributed by atoms with Crippen LogP contribution in [0.1, 0.15) is 34.2 Å². The van der Waals surface area contributed by atoms with Gasteiger partial charge in [-0.05, 0) is 36.8 Å². The van der Waals surface area contributed by atoms with E-state index in [1.54, 1.807) is 60.7 Å². The highest BCUT2D eigenvalue weighted by atomic mass is 16.3. The van der Waals surface area contributed by atoms with E-state index < -0.39 is 11.8 Å². The van der Waals surface area contributed by atoms with Crippen LogP contribution in [-0.2, 0) is 6.54 Å². The molecule has 0 bridgehead atoms. The smallest absolute Gasteiger partial charge is 0.290 e. The summed E-state index contributed by atoms with van der Waals surface area (Å²) in [6.45, 7) is 2.29. The van der Waals surface area contributed by atoms with Crippen LogP contribution in [0.3, 0.4) is 0 Å². The lowest BCUT2D eigenvalue weighted by Crippen LogP contribution is -2.43. The summed E-state index contributed by atoms with van der Waals surface area (Å²) >= 11 is 0. The molecule has 0 fully saturated rings. The number of furan rings is 1. The number of amides is 2. The van der Waals surface area contributed by atoms with Crippen molar-refractivity contribution in [3.8, 4) is 11.5 Å². The van der Waals surface area contributed by atoms with Gasteiger partial charge in [-0.3, -0.25) is 25.2 Å². The topological polar surface area (TPSA) is 119 Å². The molecule has 0 aliphatic carbocycles. The summed E-state index contributed by atoms with van der Waals surface area (Å²) in [5.41, 5.74) is 6.10. The molecule has 0 unspecified atom stereocenters. The average molecular weight is 467 g/mol. The summed E-state index contributed by atoms with van der Waals surface area (Å²) in [4.78, 5) is 43.4. The number of rotatable bonds is 5. The van der Waals surface area contributed by atoms with Gasteiger partial charge in [0.2, 0.25) is 0 Å². The summed E-state index contributed by atoms with van der Waals surface area (Å²) in [6.07, 6.45) is 2.21. The Morgan fingerprint density at radius 3 is 2.37 bits per heavy atom. The lowest BCUT2D eigenvalue weighted by molar-refractivity contribution is 0.0844. The van der Waals surface area contributed by atoms with Gasteiger partial charge in [0.1, 0.15) is 5.69 Å². The van der Waals surface area contributed by atoms with Crippen LogP contribution in [0, 0.1) is 0 Å². The molecule has 2 amide bonds. The van der Waals surface area contributed by atoms with Gasteiger partial charge in [0, 0.05) is 17.3 Å². The van der Waals surface area contributed by atoms with Gasteiger partial charge in [-0.15, -0.1) is 0 Å². The monoisotopic (exact) mass is 467 g/mol. The third-order valence-electron chi connectivity index (χ3n) is 5.54. The molecule has 0 aliphatic heterocycles. The van der Waals surface area contributed by atoms with Crippen molar-refractivity contribution in [3.05, 3.63) is 94.6 Å². The van der Waals surface area contributed by atoms with Crippen molar-refractivity contribution in [1.29, 1.82) is 0 Å². The van der Waals surface area contributed by atoms with Gasteiger partial charge in [-0.1, -0.05) is 43.3 Å². The van der Waals surface area contributed by atoms with E-state index in [4.69, 9.17) is 4.42 Å². The number of para-hydroxylation sites is 1. The van der Waals surface area contributed by atoms with Gasteiger partial charge < -0.3 is 4.42 Å². The Labute approximate surface area is 199 Å². The number of aromatic nitrogens is 3. The van der Waals surface area contributed by atoms with Crippen molar-refractivity contribution >= 4 is 33.5 Å². The first kappa shape index (κ1) is 22.0. The minimum absolute atomic E-state index is 0.0461. The number of nitrogens with one attached hydrogen (secondary N) is 2. The van der Waals surface area contributed by atoms with E-state index >= 15 is 0 Å². The van der Waals surface area contributed by atoms with E-state index in [1.165, 1.54) is 10.9 Å². The minimum atomic E-state index is -0.635. The van der Waals surface area contributed by atoms with Gasteiger partial charge in [-0.2, -0.15) is 5.10 Å². The van der Waals surface area contributed by atoms with Crippen LogP contribution in [0.2, 0.25) is 0 Å². The Kier molecular flexibility index (Phi) is 5.80. The van der Waals surface area contributed by atoms with Crippen LogP contribution in [0.15, 0.2) is 82.2 Å². The molecular weight excluding hydrogens is 446 g/mol. The Bertz CT molecular complexity index is 1620. The summed E-state index contributed by atoms with van der Waals surface area (Å²) < 4.78 is 6.71. The number of carbonyl (C=O) groups is 2. The molecule has 2 aromatic carbocycles. The number of aryl methyl sites for hydroxylation is 1. The van der Waals surface area contributed by atoms with Crippen molar-refractivity contribution in [3.63, 3.8) is 0 Å². The number of hydrazine groups is 1. The van der Waals surface area contributed by atoms with Crippen molar-refractivity contribution in [2.45, 2.75) is 19.9 Å². The minimum Gasteiger partial charge on any atom is -0.463 e.